The van der Waals surface area contributed by atoms with Gasteiger partial charge in [0.25, 0.3) is 0 Å². The van der Waals surface area contributed by atoms with E-state index in [0.717, 1.165) is 12.7 Å². The van der Waals surface area contributed by atoms with Gasteiger partial charge in [0.2, 0.25) is 0 Å². The highest BCUT2D eigenvalue weighted by Crippen LogP contribution is 2.29. The quantitative estimate of drug-likeness (QED) is 0.843. The lowest BCUT2D eigenvalue weighted by Crippen LogP contribution is -2.44. The second-order valence-corrected chi connectivity index (χ2v) is 5.07. The van der Waals surface area contributed by atoms with Crippen molar-refractivity contribution in [3.8, 4) is 0 Å². The summed E-state index contributed by atoms with van der Waals surface area (Å²) in [6, 6.07) is -2.59. The van der Waals surface area contributed by atoms with E-state index in [0.29, 0.717) is 4.68 Å². The number of likely N-dealkylation sites (tertiary alicyclic amines) is 1. The Morgan fingerprint density at radius 1 is 1.35 bits per heavy atom. The van der Waals surface area contributed by atoms with Gasteiger partial charge in [-0.2, -0.15) is 18.3 Å². The number of alkyl halides is 3. The molecule has 1 aromatic heterocycles. The van der Waals surface area contributed by atoms with E-state index in [4.69, 9.17) is 9.47 Å². The molecule has 3 atom stereocenters. The van der Waals surface area contributed by atoms with Crippen LogP contribution < -0.4 is 5.32 Å². The minimum Gasteiger partial charge on any atom is -0.377 e. The summed E-state index contributed by atoms with van der Waals surface area (Å²) in [5.74, 6) is 0. The predicted molar refractivity (Wildman–Crippen MR) is 71.7 cm³/mol. The molecule has 11 heteroatoms. The van der Waals surface area contributed by atoms with Gasteiger partial charge in [-0.1, -0.05) is 0 Å². The van der Waals surface area contributed by atoms with Crippen LogP contribution >= 0.6 is 0 Å². The van der Waals surface area contributed by atoms with Gasteiger partial charge in [0.1, 0.15) is 24.9 Å². The molecule has 23 heavy (non-hydrogen) atoms. The molecule has 1 saturated heterocycles. The van der Waals surface area contributed by atoms with E-state index in [1.54, 1.807) is 0 Å². The number of rotatable bonds is 5. The van der Waals surface area contributed by atoms with Crippen molar-refractivity contribution in [2.75, 3.05) is 33.9 Å². The zero-order chi connectivity index (χ0) is 17.0. The van der Waals surface area contributed by atoms with Gasteiger partial charge in [0.05, 0.1) is 19.6 Å². The fraction of sp³-hybridized carbons (Fsp3) is 0.750. The van der Waals surface area contributed by atoms with E-state index in [2.05, 4.69) is 15.4 Å². The first-order chi connectivity index (χ1) is 10.9. The van der Waals surface area contributed by atoms with E-state index in [1.165, 1.54) is 19.1 Å². The van der Waals surface area contributed by atoms with Gasteiger partial charge in [0.15, 0.2) is 6.04 Å². The Morgan fingerprint density at radius 2 is 1.96 bits per heavy atom. The van der Waals surface area contributed by atoms with Crippen LogP contribution in [0.5, 0.6) is 0 Å². The number of ether oxygens (including phenoxy) is 2. The number of hydrogen-bond acceptors (Lipinski definition) is 5. The molecule has 2 amide bonds. The third-order valence-corrected chi connectivity index (χ3v) is 3.69. The van der Waals surface area contributed by atoms with Gasteiger partial charge in [-0.05, 0) is 0 Å². The van der Waals surface area contributed by atoms with Crippen molar-refractivity contribution < 1.29 is 27.4 Å². The summed E-state index contributed by atoms with van der Waals surface area (Å²) in [7, 11) is 2.98. The predicted octanol–water partition coefficient (Wildman–Crippen LogP) is 0.437. The first-order valence-corrected chi connectivity index (χ1v) is 6.86. The van der Waals surface area contributed by atoms with Crippen LogP contribution in [0, 0.1) is 0 Å². The number of urea groups is 1. The average molecular weight is 337 g/mol. The Balaban J connectivity index is 1.95. The molecule has 0 aliphatic carbocycles. The third-order valence-electron chi connectivity index (χ3n) is 3.69. The van der Waals surface area contributed by atoms with Crippen LogP contribution in [0.1, 0.15) is 6.04 Å². The molecule has 1 fully saturated rings. The van der Waals surface area contributed by atoms with Crippen LogP contribution in [-0.4, -0.2) is 77.9 Å². The Bertz CT molecular complexity index is 499. The summed E-state index contributed by atoms with van der Waals surface area (Å²) in [4.78, 5) is 16.9. The zero-order valence-electron chi connectivity index (χ0n) is 12.7. The molecule has 1 N–H and O–H groups in total. The topological polar surface area (TPSA) is 81.5 Å². The Labute approximate surface area is 130 Å². The molecule has 1 aliphatic rings. The number of carbonyl (C=O) groups excluding carboxylic acids is 1. The van der Waals surface area contributed by atoms with E-state index in [9.17, 15) is 18.0 Å². The molecular formula is C12H18F3N5O3. The monoisotopic (exact) mass is 337 g/mol. The lowest BCUT2D eigenvalue weighted by molar-refractivity contribution is -0.168. The molecule has 1 aromatic rings. The molecule has 0 aromatic carbocycles. The molecule has 130 valence electrons. The van der Waals surface area contributed by atoms with Gasteiger partial charge < -0.3 is 19.7 Å². The fourth-order valence-corrected chi connectivity index (χ4v) is 2.40. The van der Waals surface area contributed by atoms with E-state index in [-0.39, 0.29) is 25.3 Å². The van der Waals surface area contributed by atoms with Gasteiger partial charge >= 0.3 is 12.2 Å². The van der Waals surface area contributed by atoms with Gasteiger partial charge in [-0.3, -0.25) is 0 Å². The molecule has 2 rings (SSSR count). The number of nitrogens with one attached hydrogen (secondary N) is 1. The molecular weight excluding hydrogens is 319 g/mol. The standard InChI is InChI=1S/C12H18F3N5O3/c1-22-8-4-19(5-9(8)23-2)11(21)17-3-10(12(13,14)15)20-7-16-6-18-20/h6-10H,3-5H2,1-2H3,(H,17,21)/t8-,9+,10?. The highest BCUT2D eigenvalue weighted by Gasteiger charge is 2.42. The van der Waals surface area contributed by atoms with Crippen molar-refractivity contribution in [2.45, 2.75) is 24.4 Å². The van der Waals surface area contributed by atoms with E-state index < -0.39 is 24.8 Å². The molecule has 0 bridgehead atoms. The summed E-state index contributed by atoms with van der Waals surface area (Å²) < 4.78 is 50.2. The van der Waals surface area contributed by atoms with Crippen molar-refractivity contribution in [3.63, 3.8) is 0 Å². The molecule has 2 heterocycles. The number of aromatic nitrogens is 3. The maximum Gasteiger partial charge on any atom is 0.412 e. The van der Waals surface area contributed by atoms with Crippen LogP contribution in [0.4, 0.5) is 18.0 Å². The number of nitrogens with zero attached hydrogens (tertiary/aromatic N) is 4. The normalized spacial score (nSPS) is 23.1. The van der Waals surface area contributed by atoms with Crippen molar-refractivity contribution in [3.05, 3.63) is 12.7 Å². The minimum atomic E-state index is -4.56. The fourth-order valence-electron chi connectivity index (χ4n) is 2.40. The average Bonchev–Trinajstić information content (AvgIpc) is 3.14. The van der Waals surface area contributed by atoms with Gasteiger partial charge in [-0.15, -0.1) is 0 Å². The molecule has 0 saturated carbocycles. The smallest absolute Gasteiger partial charge is 0.377 e. The molecule has 0 radical (unpaired) electrons. The number of hydrogen-bond donors (Lipinski definition) is 1. The summed E-state index contributed by atoms with van der Waals surface area (Å²) in [5, 5.41) is 5.77. The lowest BCUT2D eigenvalue weighted by Gasteiger charge is -2.23. The molecule has 1 aliphatic heterocycles. The summed E-state index contributed by atoms with van der Waals surface area (Å²) in [6.45, 7) is -0.140. The van der Waals surface area contributed by atoms with Crippen LogP contribution in [-0.2, 0) is 9.47 Å². The first kappa shape index (κ1) is 17.5. The number of methoxy groups -OCH3 is 2. The molecule has 0 spiro atoms. The summed E-state index contributed by atoms with van der Waals surface area (Å²) in [6.07, 6.45) is -3.20. The molecule has 8 nitrogen and oxygen atoms in total. The van der Waals surface area contributed by atoms with Crippen LogP contribution in [0.25, 0.3) is 0 Å². The first-order valence-electron chi connectivity index (χ1n) is 6.86. The van der Waals surface area contributed by atoms with Crippen LogP contribution in [0.2, 0.25) is 0 Å². The van der Waals surface area contributed by atoms with E-state index in [1.807, 2.05) is 0 Å². The number of amides is 2. The number of halogens is 3. The van der Waals surface area contributed by atoms with Gasteiger partial charge in [-0.25, -0.2) is 14.5 Å². The maximum absolute atomic E-state index is 13.1. The zero-order valence-corrected chi connectivity index (χ0v) is 12.7. The highest BCUT2D eigenvalue weighted by atomic mass is 19.4. The SMILES string of the molecule is CO[C@H]1CN(C(=O)NCC(n2cncn2)C(F)(F)F)C[C@H]1OC. The van der Waals surface area contributed by atoms with Crippen molar-refractivity contribution in [1.29, 1.82) is 0 Å². The Hall–Kier alpha value is -1.88. The minimum absolute atomic E-state index is 0.251. The van der Waals surface area contributed by atoms with Crippen molar-refractivity contribution in [1.82, 2.24) is 25.0 Å². The van der Waals surface area contributed by atoms with Crippen molar-refractivity contribution in [2.24, 2.45) is 0 Å². The van der Waals surface area contributed by atoms with Crippen molar-refractivity contribution >= 4 is 6.03 Å². The Morgan fingerprint density at radius 3 is 2.39 bits per heavy atom. The van der Waals surface area contributed by atoms with Crippen LogP contribution in [0.15, 0.2) is 12.7 Å². The van der Waals surface area contributed by atoms with Gasteiger partial charge in [0, 0.05) is 14.2 Å². The lowest BCUT2D eigenvalue weighted by atomic mass is 10.3. The Kier molecular flexibility index (Phi) is 5.42. The second-order valence-electron chi connectivity index (χ2n) is 5.07. The maximum atomic E-state index is 13.1. The highest BCUT2D eigenvalue weighted by molar-refractivity contribution is 5.74. The summed E-state index contributed by atoms with van der Waals surface area (Å²) >= 11 is 0. The molecule has 1 unspecified atom stereocenters. The van der Waals surface area contributed by atoms with Crippen LogP contribution in [0.3, 0.4) is 0 Å². The summed E-state index contributed by atoms with van der Waals surface area (Å²) in [5.41, 5.74) is 0. The second kappa shape index (κ2) is 7.13. The number of carbonyl (C=O) groups is 1. The largest absolute Gasteiger partial charge is 0.412 e. The van der Waals surface area contributed by atoms with E-state index >= 15 is 0 Å². The third kappa shape index (κ3) is 4.10.